The van der Waals surface area contributed by atoms with Crippen LogP contribution in [0.5, 0.6) is 0 Å². The molecule has 0 spiro atoms. The van der Waals surface area contributed by atoms with E-state index in [-0.39, 0.29) is 17.2 Å². The van der Waals surface area contributed by atoms with Crippen molar-refractivity contribution in [3.8, 4) is 0 Å². The van der Waals surface area contributed by atoms with E-state index in [2.05, 4.69) is 5.10 Å². The molecule has 1 amide bonds. The molecule has 1 fully saturated rings. The van der Waals surface area contributed by atoms with Crippen molar-refractivity contribution in [3.05, 3.63) is 28.2 Å². The molecule has 0 aliphatic carbocycles. The smallest absolute Gasteiger partial charge is 0.274 e. The maximum absolute atomic E-state index is 11.7. The number of carbonyl (C=O) groups is 1. The van der Waals surface area contributed by atoms with Crippen molar-refractivity contribution in [2.45, 2.75) is 6.10 Å². The average Bonchev–Trinajstić information content (AvgIpc) is 2.16. The van der Waals surface area contributed by atoms with Crippen LogP contribution in [0.15, 0.2) is 16.9 Å². The van der Waals surface area contributed by atoms with E-state index in [9.17, 15) is 9.59 Å². The van der Waals surface area contributed by atoms with E-state index in [1.165, 1.54) is 24.1 Å². The molecule has 0 atom stereocenters. The zero-order chi connectivity index (χ0) is 11.0. The van der Waals surface area contributed by atoms with Crippen LogP contribution in [0.1, 0.15) is 10.5 Å². The molecule has 1 aliphatic heterocycles. The number of likely N-dealkylation sites (tertiary alicyclic amines) is 1. The van der Waals surface area contributed by atoms with Gasteiger partial charge in [0, 0.05) is 26.2 Å². The zero-order valence-corrected chi connectivity index (χ0v) is 8.25. The first-order valence-electron chi connectivity index (χ1n) is 4.59. The Morgan fingerprint density at radius 2 is 2.20 bits per heavy atom. The minimum Gasteiger partial charge on any atom is -0.389 e. The summed E-state index contributed by atoms with van der Waals surface area (Å²) >= 11 is 0. The average molecular weight is 209 g/mol. The Labute approximate surface area is 85.7 Å². The van der Waals surface area contributed by atoms with Gasteiger partial charge < -0.3 is 10.0 Å². The standard InChI is InChI=1S/C9H11N3O3/c1-11-8(14)3-2-7(10-11)9(15)12-4-6(13)5-12/h2-3,6,13H,4-5H2,1H3. The number of hydrogen-bond donors (Lipinski definition) is 1. The van der Waals surface area contributed by atoms with E-state index in [1.807, 2.05) is 0 Å². The molecular weight excluding hydrogens is 198 g/mol. The Morgan fingerprint density at radius 1 is 1.53 bits per heavy atom. The first-order valence-corrected chi connectivity index (χ1v) is 4.59. The van der Waals surface area contributed by atoms with E-state index in [4.69, 9.17) is 5.11 Å². The SMILES string of the molecule is Cn1nc(C(=O)N2CC(O)C2)ccc1=O. The number of amides is 1. The fraction of sp³-hybridized carbons (Fsp3) is 0.444. The number of aryl methyl sites for hydroxylation is 1. The lowest BCUT2D eigenvalue weighted by Gasteiger charge is -2.35. The van der Waals surface area contributed by atoms with Gasteiger partial charge in [-0.2, -0.15) is 5.10 Å². The normalized spacial score (nSPS) is 16.3. The Hall–Kier alpha value is -1.69. The molecule has 1 aliphatic rings. The topological polar surface area (TPSA) is 75.4 Å². The van der Waals surface area contributed by atoms with Gasteiger partial charge >= 0.3 is 0 Å². The van der Waals surface area contributed by atoms with Gasteiger partial charge in [0.05, 0.1) is 6.10 Å². The molecule has 0 unspecified atom stereocenters. The van der Waals surface area contributed by atoms with Gasteiger partial charge in [0.25, 0.3) is 11.5 Å². The number of carbonyl (C=O) groups excluding carboxylic acids is 1. The summed E-state index contributed by atoms with van der Waals surface area (Å²) in [6.45, 7) is 0.673. The Balaban J connectivity index is 2.19. The number of nitrogens with zero attached hydrogens (tertiary/aromatic N) is 3. The maximum Gasteiger partial charge on any atom is 0.274 e. The van der Waals surface area contributed by atoms with Crippen molar-refractivity contribution in [2.24, 2.45) is 7.05 Å². The van der Waals surface area contributed by atoms with Gasteiger partial charge in [-0.3, -0.25) is 9.59 Å². The summed E-state index contributed by atoms with van der Waals surface area (Å²) in [6.07, 6.45) is -0.429. The first kappa shape index (κ1) is 9.85. The second-order valence-electron chi connectivity index (χ2n) is 3.54. The van der Waals surface area contributed by atoms with Gasteiger partial charge in [0.1, 0.15) is 5.69 Å². The zero-order valence-electron chi connectivity index (χ0n) is 8.25. The third kappa shape index (κ3) is 1.75. The highest BCUT2D eigenvalue weighted by atomic mass is 16.3. The lowest BCUT2D eigenvalue weighted by atomic mass is 10.1. The molecule has 15 heavy (non-hydrogen) atoms. The van der Waals surface area contributed by atoms with E-state index >= 15 is 0 Å². The summed E-state index contributed by atoms with van der Waals surface area (Å²) in [5.74, 6) is -0.254. The van der Waals surface area contributed by atoms with E-state index in [1.54, 1.807) is 0 Å². The van der Waals surface area contributed by atoms with Crippen molar-refractivity contribution < 1.29 is 9.90 Å². The molecule has 2 rings (SSSR count). The van der Waals surface area contributed by atoms with Crippen LogP contribution in [0.25, 0.3) is 0 Å². The van der Waals surface area contributed by atoms with Gasteiger partial charge in [-0.25, -0.2) is 4.68 Å². The monoisotopic (exact) mass is 209 g/mol. The van der Waals surface area contributed by atoms with Crippen molar-refractivity contribution in [2.75, 3.05) is 13.1 Å². The fourth-order valence-electron chi connectivity index (χ4n) is 1.40. The van der Waals surface area contributed by atoms with Crippen molar-refractivity contribution in [1.29, 1.82) is 0 Å². The number of hydrogen-bond acceptors (Lipinski definition) is 4. The van der Waals surface area contributed by atoms with Gasteiger partial charge in [0.15, 0.2) is 0 Å². The number of β-amino-alcohol motifs (C(OH)–C–C–N with tert-alkyl or cyclic N) is 1. The Kier molecular flexibility index (Phi) is 2.28. The molecule has 1 aromatic heterocycles. The van der Waals surface area contributed by atoms with Crippen LogP contribution in [0.2, 0.25) is 0 Å². The molecule has 6 heteroatoms. The van der Waals surface area contributed by atoms with Crippen LogP contribution < -0.4 is 5.56 Å². The van der Waals surface area contributed by atoms with Gasteiger partial charge in [-0.15, -0.1) is 0 Å². The second kappa shape index (κ2) is 3.47. The van der Waals surface area contributed by atoms with Gasteiger partial charge in [-0.1, -0.05) is 0 Å². The summed E-state index contributed by atoms with van der Waals surface area (Å²) in [4.78, 5) is 24.2. The quantitative estimate of drug-likeness (QED) is 0.617. The van der Waals surface area contributed by atoms with Crippen LogP contribution in [-0.2, 0) is 7.05 Å². The van der Waals surface area contributed by atoms with Crippen LogP contribution in [0.4, 0.5) is 0 Å². The summed E-state index contributed by atoms with van der Waals surface area (Å²) in [5, 5.41) is 12.9. The number of aliphatic hydroxyl groups is 1. The highest BCUT2D eigenvalue weighted by Gasteiger charge is 2.30. The van der Waals surface area contributed by atoms with Crippen molar-refractivity contribution in [3.63, 3.8) is 0 Å². The third-order valence-electron chi connectivity index (χ3n) is 2.33. The highest BCUT2D eigenvalue weighted by Crippen LogP contribution is 2.10. The number of aromatic nitrogens is 2. The van der Waals surface area contributed by atoms with Gasteiger partial charge in [0.2, 0.25) is 0 Å². The Bertz CT molecular complexity index is 448. The summed E-state index contributed by atoms with van der Waals surface area (Å²) in [7, 11) is 1.49. The molecule has 2 heterocycles. The van der Waals surface area contributed by atoms with E-state index in [0.29, 0.717) is 13.1 Å². The minimum atomic E-state index is -0.429. The molecule has 0 bridgehead atoms. The molecule has 1 N–H and O–H groups in total. The van der Waals surface area contributed by atoms with Crippen molar-refractivity contribution in [1.82, 2.24) is 14.7 Å². The molecule has 1 saturated heterocycles. The van der Waals surface area contributed by atoms with Crippen LogP contribution in [0, 0.1) is 0 Å². The molecule has 80 valence electrons. The highest BCUT2D eigenvalue weighted by molar-refractivity contribution is 5.92. The van der Waals surface area contributed by atoms with Crippen LogP contribution in [0.3, 0.4) is 0 Å². The summed E-state index contributed by atoms with van der Waals surface area (Å²) < 4.78 is 1.11. The molecule has 0 radical (unpaired) electrons. The Morgan fingerprint density at radius 3 is 2.73 bits per heavy atom. The minimum absolute atomic E-state index is 0.226. The van der Waals surface area contributed by atoms with Crippen LogP contribution in [-0.4, -0.2) is 44.9 Å². The van der Waals surface area contributed by atoms with E-state index in [0.717, 1.165) is 4.68 Å². The predicted molar refractivity (Wildman–Crippen MR) is 51.4 cm³/mol. The number of rotatable bonds is 1. The summed E-state index contributed by atoms with van der Waals surface area (Å²) in [6, 6.07) is 2.70. The lowest BCUT2D eigenvalue weighted by molar-refractivity contribution is 0.00535. The molecule has 0 aromatic carbocycles. The molecular formula is C9H11N3O3. The number of aliphatic hydroxyl groups excluding tert-OH is 1. The lowest BCUT2D eigenvalue weighted by Crippen LogP contribution is -2.53. The second-order valence-corrected chi connectivity index (χ2v) is 3.54. The maximum atomic E-state index is 11.7. The molecule has 0 saturated carbocycles. The van der Waals surface area contributed by atoms with Crippen LogP contribution >= 0.6 is 0 Å². The largest absolute Gasteiger partial charge is 0.389 e. The molecule has 1 aromatic rings. The van der Waals surface area contributed by atoms with Gasteiger partial charge in [-0.05, 0) is 6.07 Å². The molecule has 6 nitrogen and oxygen atoms in total. The summed E-state index contributed by atoms with van der Waals surface area (Å²) in [5.41, 5.74) is -0.0285. The fourth-order valence-corrected chi connectivity index (χ4v) is 1.40. The van der Waals surface area contributed by atoms with E-state index < -0.39 is 6.10 Å². The van der Waals surface area contributed by atoms with Crippen molar-refractivity contribution >= 4 is 5.91 Å². The predicted octanol–water partition coefficient (Wildman–Crippen LogP) is -1.40. The first-order chi connectivity index (χ1) is 7.08. The third-order valence-corrected chi connectivity index (χ3v) is 2.33.